The van der Waals surface area contributed by atoms with Crippen LogP contribution in [0.25, 0.3) is 0 Å². The number of rotatable bonds is 7. The fourth-order valence-corrected chi connectivity index (χ4v) is 4.23. The molecule has 0 unspecified atom stereocenters. The average molecular weight is 322 g/mol. The molecule has 1 aliphatic rings. The fourth-order valence-electron chi connectivity index (χ4n) is 1.98. The summed E-state index contributed by atoms with van der Waals surface area (Å²) in [4.78, 5) is 1.41. The zero-order valence-corrected chi connectivity index (χ0v) is 13.2. The summed E-state index contributed by atoms with van der Waals surface area (Å²) in [6.07, 6.45) is 2.46. The average Bonchev–Trinajstić information content (AvgIpc) is 3.20. The first-order valence-electron chi connectivity index (χ1n) is 6.98. The van der Waals surface area contributed by atoms with E-state index in [0.29, 0.717) is 17.5 Å². The topological polar surface area (TPSA) is 58.2 Å². The van der Waals surface area contributed by atoms with Gasteiger partial charge in [-0.15, -0.1) is 11.3 Å². The fraction of sp³-hybridized carbons (Fsp3) is 0.333. The monoisotopic (exact) mass is 322 g/mol. The van der Waals surface area contributed by atoms with Crippen molar-refractivity contribution < 1.29 is 8.42 Å². The van der Waals surface area contributed by atoms with Gasteiger partial charge in [0, 0.05) is 29.4 Å². The van der Waals surface area contributed by atoms with Crippen LogP contribution in [0.4, 0.5) is 0 Å². The zero-order valence-electron chi connectivity index (χ0n) is 11.6. The largest absolute Gasteiger partial charge is 0.309 e. The van der Waals surface area contributed by atoms with Gasteiger partial charge in [0.2, 0.25) is 10.0 Å². The Morgan fingerprint density at radius 3 is 2.62 bits per heavy atom. The highest BCUT2D eigenvalue weighted by molar-refractivity contribution is 7.89. The molecule has 1 aromatic heterocycles. The molecule has 112 valence electrons. The smallest absolute Gasteiger partial charge is 0.241 e. The Labute approximate surface area is 129 Å². The molecule has 2 aromatic rings. The highest BCUT2D eigenvalue weighted by Crippen LogP contribution is 2.23. The third-order valence-corrected chi connectivity index (χ3v) is 5.86. The van der Waals surface area contributed by atoms with Crippen LogP contribution in [0, 0.1) is 0 Å². The lowest BCUT2D eigenvalue weighted by atomic mass is 10.2. The van der Waals surface area contributed by atoms with Gasteiger partial charge in [0.05, 0.1) is 4.90 Å². The van der Waals surface area contributed by atoms with Gasteiger partial charge in [0.25, 0.3) is 0 Å². The van der Waals surface area contributed by atoms with Gasteiger partial charge in [0.15, 0.2) is 0 Å². The Morgan fingerprint density at radius 1 is 1.14 bits per heavy atom. The summed E-state index contributed by atoms with van der Waals surface area (Å²) in [5.74, 6) is 0. The summed E-state index contributed by atoms with van der Waals surface area (Å²) in [5, 5.41) is 5.10. The van der Waals surface area contributed by atoms with Crippen molar-refractivity contribution in [2.45, 2.75) is 36.9 Å². The van der Waals surface area contributed by atoms with Crippen LogP contribution in [0.15, 0.2) is 46.7 Å². The molecule has 1 aliphatic carbocycles. The molecule has 6 heteroatoms. The number of benzene rings is 1. The van der Waals surface area contributed by atoms with E-state index < -0.39 is 10.0 Å². The zero-order chi connectivity index (χ0) is 14.7. The van der Waals surface area contributed by atoms with E-state index in [2.05, 4.69) is 10.0 Å². The van der Waals surface area contributed by atoms with Crippen LogP contribution >= 0.6 is 11.3 Å². The summed E-state index contributed by atoms with van der Waals surface area (Å²) in [6.45, 7) is 1.07. The molecule has 1 aromatic carbocycles. The van der Waals surface area contributed by atoms with Crippen LogP contribution in [0.3, 0.4) is 0 Å². The first-order chi connectivity index (χ1) is 10.1. The number of thiophene rings is 1. The highest BCUT2D eigenvalue weighted by Gasteiger charge is 2.21. The number of hydrogen-bond acceptors (Lipinski definition) is 4. The van der Waals surface area contributed by atoms with Gasteiger partial charge >= 0.3 is 0 Å². The molecule has 3 rings (SSSR count). The maximum Gasteiger partial charge on any atom is 0.241 e. The number of nitrogens with one attached hydrogen (secondary N) is 2. The van der Waals surface area contributed by atoms with Crippen molar-refractivity contribution in [2.24, 2.45) is 0 Å². The summed E-state index contributed by atoms with van der Waals surface area (Å²) >= 11 is 1.49. The minimum atomic E-state index is -3.43. The molecule has 0 atom stereocenters. The SMILES string of the molecule is O=S(=O)(NCc1ccccc1)c1csc(CNC2CC2)c1. The number of sulfonamides is 1. The van der Waals surface area contributed by atoms with Crippen molar-refractivity contribution in [3.63, 3.8) is 0 Å². The number of hydrogen-bond donors (Lipinski definition) is 2. The van der Waals surface area contributed by atoms with Crippen molar-refractivity contribution >= 4 is 21.4 Å². The Kier molecular flexibility index (Phi) is 4.40. The first-order valence-corrected chi connectivity index (χ1v) is 9.34. The molecule has 1 saturated carbocycles. The van der Waals surface area contributed by atoms with Crippen molar-refractivity contribution in [3.05, 3.63) is 52.2 Å². The second kappa shape index (κ2) is 6.27. The quantitative estimate of drug-likeness (QED) is 0.823. The third-order valence-electron chi connectivity index (χ3n) is 3.39. The molecule has 0 aliphatic heterocycles. The van der Waals surface area contributed by atoms with Gasteiger partial charge in [-0.25, -0.2) is 13.1 Å². The molecule has 0 spiro atoms. The van der Waals surface area contributed by atoms with Crippen LogP contribution in [-0.2, 0) is 23.1 Å². The van der Waals surface area contributed by atoms with Gasteiger partial charge in [-0.2, -0.15) is 0 Å². The predicted octanol–water partition coefficient (Wildman–Crippen LogP) is 2.48. The van der Waals surface area contributed by atoms with Gasteiger partial charge < -0.3 is 5.32 Å². The molecule has 1 heterocycles. The molecular formula is C15H18N2O2S2. The van der Waals surface area contributed by atoms with Crippen LogP contribution in [-0.4, -0.2) is 14.5 Å². The summed E-state index contributed by atoms with van der Waals surface area (Å²) < 4.78 is 27.1. The maximum absolute atomic E-state index is 12.2. The van der Waals surface area contributed by atoms with Crippen molar-refractivity contribution in [1.82, 2.24) is 10.0 Å². The third kappa shape index (κ3) is 4.14. The Bertz CT molecular complexity index is 691. The Morgan fingerprint density at radius 2 is 1.90 bits per heavy atom. The summed E-state index contributed by atoms with van der Waals surface area (Å²) in [7, 11) is -3.43. The van der Waals surface area contributed by atoms with Crippen LogP contribution in [0.2, 0.25) is 0 Å². The highest BCUT2D eigenvalue weighted by atomic mass is 32.2. The molecule has 0 bridgehead atoms. The minimum Gasteiger partial charge on any atom is -0.309 e. The van der Waals surface area contributed by atoms with E-state index in [9.17, 15) is 8.42 Å². The predicted molar refractivity (Wildman–Crippen MR) is 84.6 cm³/mol. The van der Waals surface area contributed by atoms with E-state index in [0.717, 1.165) is 17.0 Å². The van der Waals surface area contributed by atoms with Gasteiger partial charge in [-0.1, -0.05) is 30.3 Å². The standard InChI is InChI=1S/C15H18N2O2S2/c18-21(19,17-9-12-4-2-1-3-5-12)15-8-14(20-11-15)10-16-13-6-7-13/h1-5,8,11,13,16-17H,6-7,9-10H2. The Hall–Kier alpha value is -1.21. The summed E-state index contributed by atoms with van der Waals surface area (Å²) in [5.41, 5.74) is 0.951. The molecule has 2 N–H and O–H groups in total. The van der Waals surface area contributed by atoms with Gasteiger partial charge in [-0.05, 0) is 24.5 Å². The lowest BCUT2D eigenvalue weighted by molar-refractivity contribution is 0.581. The minimum absolute atomic E-state index is 0.314. The van der Waals surface area contributed by atoms with Gasteiger partial charge in [0.1, 0.15) is 0 Å². The van der Waals surface area contributed by atoms with E-state index in [1.807, 2.05) is 30.3 Å². The van der Waals surface area contributed by atoms with E-state index >= 15 is 0 Å². The molecule has 0 saturated heterocycles. The van der Waals surface area contributed by atoms with Crippen LogP contribution in [0.5, 0.6) is 0 Å². The van der Waals surface area contributed by atoms with Crippen molar-refractivity contribution in [2.75, 3.05) is 0 Å². The van der Waals surface area contributed by atoms with Gasteiger partial charge in [-0.3, -0.25) is 0 Å². The van der Waals surface area contributed by atoms with Crippen LogP contribution in [0.1, 0.15) is 23.3 Å². The van der Waals surface area contributed by atoms with E-state index in [1.54, 1.807) is 11.4 Å². The Balaban J connectivity index is 1.61. The molecule has 21 heavy (non-hydrogen) atoms. The molecule has 0 amide bonds. The van der Waals surface area contributed by atoms with Crippen molar-refractivity contribution in [1.29, 1.82) is 0 Å². The lowest BCUT2D eigenvalue weighted by Gasteiger charge is -2.05. The second-order valence-electron chi connectivity index (χ2n) is 5.21. The molecule has 1 fully saturated rings. The van der Waals surface area contributed by atoms with Crippen LogP contribution < -0.4 is 10.0 Å². The molecule has 0 radical (unpaired) electrons. The molecular weight excluding hydrogens is 304 g/mol. The first kappa shape index (κ1) is 14.7. The normalized spacial score (nSPS) is 15.2. The summed E-state index contributed by atoms with van der Waals surface area (Å²) in [6, 6.07) is 11.9. The van der Waals surface area contributed by atoms with Crippen molar-refractivity contribution in [3.8, 4) is 0 Å². The maximum atomic E-state index is 12.2. The molecule has 4 nitrogen and oxygen atoms in total. The van der Waals surface area contributed by atoms with E-state index in [1.165, 1.54) is 24.2 Å². The second-order valence-corrected chi connectivity index (χ2v) is 7.98. The lowest BCUT2D eigenvalue weighted by Crippen LogP contribution is -2.22. The van der Waals surface area contributed by atoms with E-state index in [4.69, 9.17) is 0 Å². The van der Waals surface area contributed by atoms with E-state index in [-0.39, 0.29) is 0 Å².